The van der Waals surface area contributed by atoms with E-state index < -0.39 is 0 Å². The highest BCUT2D eigenvalue weighted by atomic mass is 16.5. The van der Waals surface area contributed by atoms with Gasteiger partial charge in [0.2, 0.25) is 5.95 Å². The molecular weight excluding hydrogens is 330 g/mol. The molecule has 2 fully saturated rings. The molecule has 0 aromatic carbocycles. The summed E-state index contributed by atoms with van der Waals surface area (Å²) in [6.45, 7) is 2.48. The molecule has 6 nitrogen and oxygen atoms in total. The van der Waals surface area contributed by atoms with E-state index in [0.717, 1.165) is 31.6 Å². The van der Waals surface area contributed by atoms with Gasteiger partial charge in [-0.15, -0.1) is 0 Å². The molecule has 3 N–H and O–H groups in total. The Labute approximate surface area is 156 Å². The second-order valence-corrected chi connectivity index (χ2v) is 7.78. The molecule has 0 unspecified atom stereocenters. The maximum Gasteiger partial charge on any atom is 0.223 e. The molecule has 2 saturated carbocycles. The van der Waals surface area contributed by atoms with Gasteiger partial charge in [0.05, 0.1) is 11.3 Å². The second-order valence-electron chi connectivity index (χ2n) is 7.78. The Morgan fingerprint density at radius 3 is 2.46 bits per heavy atom. The number of methoxy groups -OCH3 is 1. The molecule has 6 heteroatoms. The Morgan fingerprint density at radius 2 is 1.85 bits per heavy atom. The Hall–Kier alpha value is -1.53. The van der Waals surface area contributed by atoms with Crippen LogP contribution in [0.1, 0.15) is 74.3 Å². The predicted molar refractivity (Wildman–Crippen MR) is 103 cm³/mol. The van der Waals surface area contributed by atoms with Crippen LogP contribution in [0.3, 0.4) is 0 Å². The lowest BCUT2D eigenvalue weighted by atomic mass is 9.86. The summed E-state index contributed by atoms with van der Waals surface area (Å²) >= 11 is 0. The van der Waals surface area contributed by atoms with Crippen LogP contribution >= 0.6 is 0 Å². The van der Waals surface area contributed by atoms with Gasteiger partial charge in [-0.3, -0.25) is 4.79 Å². The SMILES string of the molecule is COCC1CCC(Nc2ncc(C(C)=O)c(CC3CCCC3)n2)CC1.O. The van der Waals surface area contributed by atoms with E-state index in [-0.39, 0.29) is 11.3 Å². The van der Waals surface area contributed by atoms with Crippen LogP contribution in [-0.2, 0) is 11.2 Å². The fourth-order valence-electron chi connectivity index (χ4n) is 4.32. The van der Waals surface area contributed by atoms with Crippen LogP contribution in [-0.4, -0.2) is 41.0 Å². The first kappa shape index (κ1) is 20.8. The van der Waals surface area contributed by atoms with Crippen LogP contribution in [0.25, 0.3) is 0 Å². The highest BCUT2D eigenvalue weighted by Crippen LogP contribution is 2.29. The number of hydrogen-bond acceptors (Lipinski definition) is 5. The smallest absolute Gasteiger partial charge is 0.223 e. The monoisotopic (exact) mass is 363 g/mol. The molecule has 2 aliphatic carbocycles. The molecule has 0 atom stereocenters. The summed E-state index contributed by atoms with van der Waals surface area (Å²) in [5.41, 5.74) is 1.63. The minimum Gasteiger partial charge on any atom is -0.412 e. The number of carbonyl (C=O) groups is 1. The van der Waals surface area contributed by atoms with Crippen molar-refractivity contribution >= 4 is 11.7 Å². The van der Waals surface area contributed by atoms with Gasteiger partial charge in [0, 0.05) is 26.0 Å². The van der Waals surface area contributed by atoms with Gasteiger partial charge >= 0.3 is 0 Å². The maximum atomic E-state index is 11.9. The zero-order chi connectivity index (χ0) is 17.6. The lowest BCUT2D eigenvalue weighted by Gasteiger charge is -2.28. The van der Waals surface area contributed by atoms with E-state index >= 15 is 0 Å². The van der Waals surface area contributed by atoms with Gasteiger partial charge in [-0.25, -0.2) is 9.97 Å². The topological polar surface area (TPSA) is 95.6 Å². The quantitative estimate of drug-likeness (QED) is 0.751. The minimum absolute atomic E-state index is 0. The Morgan fingerprint density at radius 1 is 1.15 bits per heavy atom. The minimum atomic E-state index is 0. The van der Waals surface area contributed by atoms with Gasteiger partial charge in [-0.1, -0.05) is 25.7 Å². The van der Waals surface area contributed by atoms with Crippen LogP contribution < -0.4 is 5.32 Å². The summed E-state index contributed by atoms with van der Waals surface area (Å²) < 4.78 is 5.27. The number of carbonyl (C=O) groups excluding carboxylic acids is 1. The van der Waals surface area contributed by atoms with E-state index in [4.69, 9.17) is 9.72 Å². The average molecular weight is 364 g/mol. The molecule has 0 spiro atoms. The van der Waals surface area contributed by atoms with Crippen molar-refractivity contribution in [3.63, 3.8) is 0 Å². The van der Waals surface area contributed by atoms with E-state index in [1.807, 2.05) is 0 Å². The number of ether oxygens (including phenoxy) is 1. The largest absolute Gasteiger partial charge is 0.412 e. The molecular formula is C20H33N3O3. The highest BCUT2D eigenvalue weighted by molar-refractivity contribution is 5.94. The van der Waals surface area contributed by atoms with Crippen molar-refractivity contribution in [2.75, 3.05) is 19.0 Å². The highest BCUT2D eigenvalue weighted by Gasteiger charge is 2.23. The zero-order valence-electron chi connectivity index (χ0n) is 16.1. The van der Waals surface area contributed by atoms with Crippen molar-refractivity contribution in [2.45, 2.75) is 70.8 Å². The van der Waals surface area contributed by atoms with Gasteiger partial charge in [0.25, 0.3) is 0 Å². The maximum absolute atomic E-state index is 11.9. The number of rotatable bonds is 7. The molecule has 0 bridgehead atoms. The fraction of sp³-hybridized carbons (Fsp3) is 0.750. The molecule has 0 radical (unpaired) electrons. The third-order valence-corrected chi connectivity index (χ3v) is 5.79. The second kappa shape index (κ2) is 9.97. The van der Waals surface area contributed by atoms with Crippen molar-refractivity contribution in [3.05, 3.63) is 17.5 Å². The Balaban J connectivity index is 0.00000243. The van der Waals surface area contributed by atoms with E-state index in [9.17, 15) is 4.79 Å². The summed E-state index contributed by atoms with van der Waals surface area (Å²) in [6.07, 6.45) is 12.4. The molecule has 146 valence electrons. The van der Waals surface area contributed by atoms with E-state index in [0.29, 0.717) is 29.4 Å². The molecule has 2 aliphatic rings. The van der Waals surface area contributed by atoms with Crippen LogP contribution in [0.5, 0.6) is 0 Å². The molecule has 1 aromatic rings. The first-order valence-corrected chi connectivity index (χ1v) is 9.78. The van der Waals surface area contributed by atoms with Crippen molar-refractivity contribution in [2.24, 2.45) is 11.8 Å². The van der Waals surface area contributed by atoms with Crippen molar-refractivity contribution in [3.8, 4) is 0 Å². The predicted octanol–water partition coefficient (Wildman–Crippen LogP) is 3.20. The third kappa shape index (κ3) is 5.48. The first-order valence-electron chi connectivity index (χ1n) is 9.78. The zero-order valence-corrected chi connectivity index (χ0v) is 16.1. The fourth-order valence-corrected chi connectivity index (χ4v) is 4.32. The molecule has 0 aliphatic heterocycles. The third-order valence-electron chi connectivity index (χ3n) is 5.79. The summed E-state index contributed by atoms with van der Waals surface area (Å²) in [5, 5.41) is 3.50. The number of aromatic nitrogens is 2. The van der Waals surface area contributed by atoms with Crippen molar-refractivity contribution < 1.29 is 15.0 Å². The normalized spacial score (nSPS) is 23.5. The van der Waals surface area contributed by atoms with Gasteiger partial charge in [0.1, 0.15) is 0 Å². The van der Waals surface area contributed by atoms with Crippen LogP contribution in [0.4, 0.5) is 5.95 Å². The number of nitrogens with zero attached hydrogens (tertiary/aromatic N) is 2. The number of hydrogen-bond donors (Lipinski definition) is 1. The number of ketones is 1. The summed E-state index contributed by atoms with van der Waals surface area (Å²) in [7, 11) is 1.78. The number of nitrogens with one attached hydrogen (secondary N) is 1. The summed E-state index contributed by atoms with van der Waals surface area (Å²) in [6, 6.07) is 0.426. The Bertz CT molecular complexity index is 580. The summed E-state index contributed by atoms with van der Waals surface area (Å²) in [4.78, 5) is 21.1. The molecule has 1 heterocycles. The lowest BCUT2D eigenvalue weighted by Crippen LogP contribution is -2.28. The molecule has 26 heavy (non-hydrogen) atoms. The number of Topliss-reactive ketones (excluding diaryl/α,β-unsaturated/α-hetero) is 1. The number of anilines is 1. The first-order chi connectivity index (χ1) is 12.2. The van der Waals surface area contributed by atoms with Gasteiger partial charge in [-0.05, 0) is 50.9 Å². The van der Waals surface area contributed by atoms with Gasteiger partial charge < -0.3 is 15.5 Å². The van der Waals surface area contributed by atoms with Crippen molar-refractivity contribution in [1.29, 1.82) is 0 Å². The molecule has 0 amide bonds. The van der Waals surface area contributed by atoms with Crippen LogP contribution in [0, 0.1) is 11.8 Å². The van der Waals surface area contributed by atoms with E-state index in [2.05, 4.69) is 10.3 Å². The van der Waals surface area contributed by atoms with Crippen molar-refractivity contribution in [1.82, 2.24) is 9.97 Å². The lowest BCUT2D eigenvalue weighted by molar-refractivity contribution is 0.101. The molecule has 3 rings (SSSR count). The van der Waals surface area contributed by atoms with E-state index in [1.165, 1.54) is 38.5 Å². The average Bonchev–Trinajstić information content (AvgIpc) is 3.10. The van der Waals surface area contributed by atoms with Gasteiger partial charge in [0.15, 0.2) is 5.78 Å². The van der Waals surface area contributed by atoms with E-state index in [1.54, 1.807) is 20.2 Å². The standard InChI is InChI=1S/C20H31N3O2.H2O/c1-14(24)18-12-21-20(23-19(18)11-15-5-3-4-6-15)22-17-9-7-16(8-10-17)13-25-2;/h12,15-17H,3-11,13H2,1-2H3,(H,21,22,23);1H2. The summed E-state index contributed by atoms with van der Waals surface area (Å²) in [5.74, 6) is 2.11. The van der Waals surface area contributed by atoms with Crippen LogP contribution in [0.2, 0.25) is 0 Å². The molecule has 0 saturated heterocycles. The molecule has 1 aromatic heterocycles. The van der Waals surface area contributed by atoms with Gasteiger partial charge in [-0.2, -0.15) is 0 Å². The Kier molecular flexibility index (Phi) is 7.97. The van der Waals surface area contributed by atoms with Crippen LogP contribution in [0.15, 0.2) is 6.20 Å².